The van der Waals surface area contributed by atoms with Gasteiger partial charge in [0, 0.05) is 29.5 Å². The summed E-state index contributed by atoms with van der Waals surface area (Å²) < 4.78 is 126. The molecule has 42 heavy (non-hydrogen) atoms. The lowest BCUT2D eigenvalue weighted by molar-refractivity contribution is -0.142. The van der Waals surface area contributed by atoms with Crippen molar-refractivity contribution in [1.29, 1.82) is 0 Å². The topological polar surface area (TPSA) is 100 Å². The number of hydrogen-bond acceptors (Lipinski definition) is 9. The smallest absolute Gasteiger partial charge is 0.433 e. The molecule has 10 nitrogen and oxygen atoms in total. The lowest BCUT2D eigenvalue weighted by Gasteiger charge is -2.20. The number of ether oxygens (including phenoxy) is 3. The average molecular weight is 605 g/mol. The van der Waals surface area contributed by atoms with E-state index in [1.807, 2.05) is 0 Å². The zero-order valence-corrected chi connectivity index (χ0v) is 21.5. The van der Waals surface area contributed by atoms with E-state index in [0.717, 1.165) is 35.6 Å². The minimum absolute atomic E-state index is 0.0558. The Bertz CT molecular complexity index is 1610. The Balaban J connectivity index is 1.46. The van der Waals surface area contributed by atoms with Crippen LogP contribution in [-0.4, -0.2) is 75.2 Å². The standard InChI is InChI=1S/C24H19F8N7O3/c1-40-20-14(8-34-21(37-20)41-2)15-3-13(4-17(36-15)24(30,31)32)38-9-18(22(25,26)10-38)42-19-5-16-12(6-33-19)7-35-39(16)11-23(27,28)29/h3-8,18H,9-11H2,1-2H3. The molecule has 4 aromatic rings. The van der Waals surface area contributed by atoms with Crippen LogP contribution in [0.3, 0.4) is 0 Å². The van der Waals surface area contributed by atoms with Crippen LogP contribution in [0.2, 0.25) is 0 Å². The molecule has 0 aliphatic carbocycles. The molecule has 1 saturated heterocycles. The van der Waals surface area contributed by atoms with Gasteiger partial charge in [0.15, 0.2) is 6.10 Å². The number of nitrogens with zero attached hydrogens (tertiary/aromatic N) is 7. The first-order valence-corrected chi connectivity index (χ1v) is 11.9. The molecule has 1 unspecified atom stereocenters. The molecule has 1 fully saturated rings. The fourth-order valence-corrected chi connectivity index (χ4v) is 4.30. The Morgan fingerprint density at radius 2 is 1.71 bits per heavy atom. The number of methoxy groups -OCH3 is 2. The van der Waals surface area contributed by atoms with Crippen molar-refractivity contribution in [1.82, 2.24) is 29.7 Å². The zero-order chi connectivity index (χ0) is 30.4. The van der Waals surface area contributed by atoms with Crippen molar-refractivity contribution in [2.45, 2.75) is 30.9 Å². The molecule has 0 aromatic carbocycles. The van der Waals surface area contributed by atoms with E-state index >= 15 is 8.78 Å². The second-order valence-electron chi connectivity index (χ2n) is 9.12. The van der Waals surface area contributed by atoms with Gasteiger partial charge in [-0.15, -0.1) is 0 Å². The number of anilines is 1. The second-order valence-corrected chi connectivity index (χ2v) is 9.12. The van der Waals surface area contributed by atoms with Gasteiger partial charge in [-0.05, 0) is 12.1 Å². The van der Waals surface area contributed by atoms with Gasteiger partial charge in [0.2, 0.25) is 11.8 Å². The predicted molar refractivity (Wildman–Crippen MR) is 129 cm³/mol. The maximum Gasteiger partial charge on any atom is 0.433 e. The normalized spacial score (nSPS) is 17.1. The van der Waals surface area contributed by atoms with E-state index in [1.165, 1.54) is 14.2 Å². The third-order valence-corrected chi connectivity index (χ3v) is 6.20. The Kier molecular flexibility index (Phi) is 7.18. The first-order chi connectivity index (χ1) is 19.7. The van der Waals surface area contributed by atoms with Crippen molar-refractivity contribution >= 4 is 16.6 Å². The van der Waals surface area contributed by atoms with Crippen LogP contribution in [0.4, 0.5) is 40.8 Å². The molecule has 5 heterocycles. The minimum Gasteiger partial charge on any atom is -0.480 e. The molecule has 0 bridgehead atoms. The van der Waals surface area contributed by atoms with Gasteiger partial charge in [0.25, 0.3) is 0 Å². The van der Waals surface area contributed by atoms with E-state index in [0.29, 0.717) is 10.7 Å². The summed E-state index contributed by atoms with van der Waals surface area (Å²) in [6.07, 6.45) is -8.08. The zero-order valence-electron chi connectivity index (χ0n) is 21.5. The van der Waals surface area contributed by atoms with Crippen molar-refractivity contribution in [3.05, 3.63) is 42.5 Å². The Morgan fingerprint density at radius 3 is 2.38 bits per heavy atom. The largest absolute Gasteiger partial charge is 0.480 e. The van der Waals surface area contributed by atoms with E-state index in [2.05, 4.69) is 25.0 Å². The van der Waals surface area contributed by atoms with E-state index in [9.17, 15) is 26.3 Å². The molecule has 1 atom stereocenters. The third kappa shape index (κ3) is 5.91. The highest BCUT2D eigenvalue weighted by Gasteiger charge is 2.51. The lowest BCUT2D eigenvalue weighted by atomic mass is 10.1. The number of hydrogen-bond donors (Lipinski definition) is 0. The number of alkyl halides is 8. The first kappa shape index (κ1) is 29.0. The Morgan fingerprint density at radius 1 is 0.952 bits per heavy atom. The van der Waals surface area contributed by atoms with Gasteiger partial charge in [-0.25, -0.2) is 23.7 Å². The van der Waals surface area contributed by atoms with Crippen LogP contribution < -0.4 is 19.1 Å². The maximum absolute atomic E-state index is 15.1. The molecule has 0 saturated carbocycles. The fourth-order valence-electron chi connectivity index (χ4n) is 4.30. The number of aromatic nitrogens is 6. The molecule has 1 aliphatic rings. The van der Waals surface area contributed by atoms with Gasteiger partial charge in [-0.3, -0.25) is 4.68 Å². The third-order valence-electron chi connectivity index (χ3n) is 6.20. The molecule has 4 aromatic heterocycles. The monoisotopic (exact) mass is 605 g/mol. The molecule has 18 heteroatoms. The molecule has 5 rings (SSSR count). The summed E-state index contributed by atoms with van der Waals surface area (Å²) in [7, 11) is 2.48. The summed E-state index contributed by atoms with van der Waals surface area (Å²) in [5, 5.41) is 3.86. The van der Waals surface area contributed by atoms with Crippen molar-refractivity contribution in [3.63, 3.8) is 0 Å². The van der Waals surface area contributed by atoms with Crippen LogP contribution >= 0.6 is 0 Å². The quantitative estimate of drug-likeness (QED) is 0.276. The summed E-state index contributed by atoms with van der Waals surface area (Å²) in [6, 6.07) is 2.66. The fraction of sp³-hybridized carbons (Fsp3) is 0.375. The highest BCUT2D eigenvalue weighted by Crippen LogP contribution is 2.39. The summed E-state index contributed by atoms with van der Waals surface area (Å²) in [6.45, 7) is -3.06. The van der Waals surface area contributed by atoms with Crippen LogP contribution in [0.25, 0.3) is 22.2 Å². The lowest BCUT2D eigenvalue weighted by Crippen LogP contribution is -2.36. The van der Waals surface area contributed by atoms with E-state index in [4.69, 9.17) is 14.2 Å². The van der Waals surface area contributed by atoms with Gasteiger partial charge < -0.3 is 19.1 Å². The summed E-state index contributed by atoms with van der Waals surface area (Å²) in [5.74, 6) is -4.17. The highest BCUT2D eigenvalue weighted by molar-refractivity contribution is 5.78. The summed E-state index contributed by atoms with van der Waals surface area (Å²) in [5.41, 5.74) is -2.05. The molecular weight excluding hydrogens is 586 g/mol. The molecule has 0 N–H and O–H groups in total. The van der Waals surface area contributed by atoms with Gasteiger partial charge in [-0.2, -0.15) is 36.4 Å². The second kappa shape index (κ2) is 10.4. The van der Waals surface area contributed by atoms with E-state index < -0.39 is 55.6 Å². The average Bonchev–Trinajstić information content (AvgIpc) is 3.45. The van der Waals surface area contributed by atoms with E-state index in [1.54, 1.807) is 0 Å². The van der Waals surface area contributed by atoms with E-state index in [-0.39, 0.29) is 39.7 Å². The van der Waals surface area contributed by atoms with Gasteiger partial charge in [-0.1, -0.05) is 0 Å². The minimum atomic E-state index is -4.94. The summed E-state index contributed by atoms with van der Waals surface area (Å²) in [4.78, 5) is 16.2. The van der Waals surface area contributed by atoms with Crippen LogP contribution in [-0.2, 0) is 12.7 Å². The Labute approximate surface area is 230 Å². The molecule has 0 radical (unpaired) electrons. The van der Waals surface area contributed by atoms with Crippen LogP contribution in [0.1, 0.15) is 5.69 Å². The molecule has 1 aliphatic heterocycles. The van der Waals surface area contributed by atoms with Gasteiger partial charge >= 0.3 is 24.3 Å². The predicted octanol–water partition coefficient (Wildman–Crippen LogP) is 4.78. The van der Waals surface area contributed by atoms with Crippen LogP contribution in [0.5, 0.6) is 17.8 Å². The van der Waals surface area contributed by atoms with Crippen LogP contribution in [0, 0.1) is 0 Å². The Hall–Kier alpha value is -4.51. The first-order valence-electron chi connectivity index (χ1n) is 11.9. The van der Waals surface area contributed by atoms with Crippen molar-refractivity contribution in [2.75, 3.05) is 32.2 Å². The molecule has 0 spiro atoms. The molecule has 0 amide bonds. The SMILES string of the molecule is COc1ncc(-c2cc(N3CC(Oc4cc5c(cn4)cnn5CC(F)(F)F)C(F)(F)C3)cc(C(F)(F)F)n2)c(OC)n1. The number of halogens is 8. The number of fused-ring (bicyclic) bond motifs is 1. The number of pyridine rings is 2. The van der Waals surface area contributed by atoms with Gasteiger partial charge in [0.1, 0.15) is 12.2 Å². The maximum atomic E-state index is 15.1. The number of rotatable bonds is 7. The van der Waals surface area contributed by atoms with Crippen molar-refractivity contribution in [2.24, 2.45) is 0 Å². The summed E-state index contributed by atoms with van der Waals surface area (Å²) >= 11 is 0. The van der Waals surface area contributed by atoms with Gasteiger partial charge in [0.05, 0.1) is 50.3 Å². The van der Waals surface area contributed by atoms with Crippen LogP contribution in [0.15, 0.2) is 36.8 Å². The van der Waals surface area contributed by atoms with Crippen molar-refractivity contribution in [3.8, 4) is 29.0 Å². The van der Waals surface area contributed by atoms with Crippen molar-refractivity contribution < 1.29 is 49.3 Å². The highest BCUT2D eigenvalue weighted by atomic mass is 19.4. The molecular formula is C24H19F8N7O3. The molecule has 224 valence electrons.